The van der Waals surface area contributed by atoms with E-state index in [-0.39, 0.29) is 12.1 Å². The second-order valence-electron chi connectivity index (χ2n) is 6.69. The van der Waals surface area contributed by atoms with Gasteiger partial charge in [-0.25, -0.2) is 0 Å². The van der Waals surface area contributed by atoms with Crippen LogP contribution in [0.1, 0.15) is 35.3 Å². The van der Waals surface area contributed by atoms with Gasteiger partial charge in [0.15, 0.2) is 11.5 Å². The maximum Gasteiger partial charge on any atom is 0.174 e. The minimum Gasteiger partial charge on any atom is -0.493 e. The number of benzene rings is 2. The molecule has 0 aromatic heterocycles. The van der Waals surface area contributed by atoms with Gasteiger partial charge in [-0.15, -0.1) is 0 Å². The summed E-state index contributed by atoms with van der Waals surface area (Å²) in [4.78, 5) is 0. The third-order valence-corrected chi connectivity index (χ3v) is 5.79. The summed E-state index contributed by atoms with van der Waals surface area (Å²) in [5, 5.41) is 3.73. The molecule has 132 valence electrons. The number of aryl methyl sites for hydroxylation is 1. The molecule has 25 heavy (non-hydrogen) atoms. The van der Waals surface area contributed by atoms with Crippen LogP contribution in [0.4, 0.5) is 5.69 Å². The maximum atomic E-state index is 6.11. The van der Waals surface area contributed by atoms with E-state index in [0.717, 1.165) is 34.7 Å². The standard InChI is InChI=1S/C20H22BrNO3/c1-11-4-5-16-14(8-11)19-13(6-7-25-19)18(22-16)12-9-15(21)20(24-3)17(10-12)23-2/h4-5,8-10,13,18-19,22H,6-7H2,1-3H3/t13-,18-,19-/m0/s1. The van der Waals surface area contributed by atoms with Gasteiger partial charge in [0, 0.05) is 23.8 Å². The van der Waals surface area contributed by atoms with Gasteiger partial charge in [0.25, 0.3) is 0 Å². The zero-order chi connectivity index (χ0) is 17.6. The van der Waals surface area contributed by atoms with Crippen molar-refractivity contribution >= 4 is 21.6 Å². The molecule has 2 aromatic rings. The summed E-state index contributed by atoms with van der Waals surface area (Å²) in [6.45, 7) is 2.93. The lowest BCUT2D eigenvalue weighted by Crippen LogP contribution is -2.29. The monoisotopic (exact) mass is 403 g/mol. The maximum absolute atomic E-state index is 6.11. The van der Waals surface area contributed by atoms with E-state index in [9.17, 15) is 0 Å². The van der Waals surface area contributed by atoms with Crippen LogP contribution in [0.5, 0.6) is 11.5 Å². The van der Waals surface area contributed by atoms with Crippen LogP contribution in [0.2, 0.25) is 0 Å². The Kier molecular flexibility index (Phi) is 4.38. The van der Waals surface area contributed by atoms with Gasteiger partial charge in [-0.1, -0.05) is 17.7 Å². The molecule has 4 rings (SSSR count). The number of rotatable bonds is 3. The Labute approximate surface area is 156 Å². The molecule has 0 radical (unpaired) electrons. The molecule has 0 bridgehead atoms. The van der Waals surface area contributed by atoms with Gasteiger partial charge in [0.2, 0.25) is 0 Å². The first-order valence-electron chi connectivity index (χ1n) is 8.52. The van der Waals surface area contributed by atoms with E-state index < -0.39 is 0 Å². The molecule has 3 atom stereocenters. The zero-order valence-electron chi connectivity index (χ0n) is 14.6. The van der Waals surface area contributed by atoms with Gasteiger partial charge in [-0.2, -0.15) is 0 Å². The highest BCUT2D eigenvalue weighted by Crippen LogP contribution is 2.51. The van der Waals surface area contributed by atoms with Crippen LogP contribution in [0, 0.1) is 12.8 Å². The van der Waals surface area contributed by atoms with Gasteiger partial charge < -0.3 is 19.5 Å². The van der Waals surface area contributed by atoms with Crippen molar-refractivity contribution in [3.63, 3.8) is 0 Å². The van der Waals surface area contributed by atoms with Crippen LogP contribution in [0.15, 0.2) is 34.8 Å². The first kappa shape index (κ1) is 16.7. The summed E-state index contributed by atoms with van der Waals surface area (Å²) in [7, 11) is 3.32. The van der Waals surface area contributed by atoms with Crippen molar-refractivity contribution in [3.05, 3.63) is 51.5 Å². The van der Waals surface area contributed by atoms with Gasteiger partial charge >= 0.3 is 0 Å². The van der Waals surface area contributed by atoms with Crippen LogP contribution in [-0.2, 0) is 4.74 Å². The Hall–Kier alpha value is -1.72. The highest BCUT2D eigenvalue weighted by molar-refractivity contribution is 9.10. The molecule has 2 aromatic carbocycles. The molecule has 5 heteroatoms. The van der Waals surface area contributed by atoms with Gasteiger partial charge in [0.05, 0.1) is 30.8 Å². The Morgan fingerprint density at radius 3 is 2.76 bits per heavy atom. The fourth-order valence-electron chi connectivity index (χ4n) is 4.04. The molecule has 0 unspecified atom stereocenters. The average Bonchev–Trinajstić information content (AvgIpc) is 3.10. The molecule has 4 nitrogen and oxygen atoms in total. The number of hydrogen-bond acceptors (Lipinski definition) is 4. The Bertz CT molecular complexity index is 808. The number of fused-ring (bicyclic) bond motifs is 3. The summed E-state index contributed by atoms with van der Waals surface area (Å²) in [6.07, 6.45) is 1.19. The molecule has 1 fully saturated rings. The van der Waals surface area contributed by atoms with E-state index in [2.05, 4.69) is 58.5 Å². The third-order valence-electron chi connectivity index (χ3n) is 5.21. The number of nitrogens with one attached hydrogen (secondary N) is 1. The van der Waals surface area contributed by atoms with Crippen molar-refractivity contribution in [3.8, 4) is 11.5 Å². The quantitative estimate of drug-likeness (QED) is 0.780. The van der Waals surface area contributed by atoms with Gasteiger partial charge in [0.1, 0.15) is 0 Å². The number of methoxy groups -OCH3 is 2. The minimum atomic E-state index is 0.146. The van der Waals surface area contributed by atoms with E-state index in [1.807, 2.05) is 0 Å². The zero-order valence-corrected chi connectivity index (χ0v) is 16.2. The number of ether oxygens (including phenoxy) is 3. The van der Waals surface area contributed by atoms with Crippen molar-refractivity contribution < 1.29 is 14.2 Å². The largest absolute Gasteiger partial charge is 0.493 e. The normalized spacial score (nSPS) is 24.2. The first-order chi connectivity index (χ1) is 12.1. The first-order valence-corrected chi connectivity index (χ1v) is 9.31. The number of anilines is 1. The van der Waals surface area contributed by atoms with Crippen molar-refractivity contribution in [2.45, 2.75) is 25.5 Å². The summed E-state index contributed by atoms with van der Waals surface area (Å²) in [5.74, 6) is 1.86. The summed E-state index contributed by atoms with van der Waals surface area (Å²) in [6, 6.07) is 10.9. The van der Waals surface area contributed by atoms with Crippen LogP contribution >= 0.6 is 15.9 Å². The van der Waals surface area contributed by atoms with Crippen molar-refractivity contribution in [2.24, 2.45) is 5.92 Å². The second-order valence-corrected chi connectivity index (χ2v) is 7.55. The van der Waals surface area contributed by atoms with Gasteiger partial charge in [-0.05, 0) is 53.0 Å². The predicted octanol–water partition coefficient (Wildman–Crippen LogP) is 5.02. The smallest absolute Gasteiger partial charge is 0.174 e. The number of hydrogen-bond donors (Lipinski definition) is 1. The van der Waals surface area contributed by atoms with Crippen molar-refractivity contribution in [2.75, 3.05) is 26.1 Å². The fraction of sp³-hybridized carbons (Fsp3) is 0.400. The third kappa shape index (κ3) is 2.79. The lowest BCUT2D eigenvalue weighted by Gasteiger charge is -2.37. The van der Waals surface area contributed by atoms with Gasteiger partial charge in [-0.3, -0.25) is 0 Å². The Balaban J connectivity index is 1.78. The molecule has 0 amide bonds. The summed E-state index contributed by atoms with van der Waals surface area (Å²) in [5.41, 5.74) is 4.88. The molecule has 0 spiro atoms. The second kappa shape index (κ2) is 6.54. The van der Waals surface area contributed by atoms with E-state index in [1.54, 1.807) is 14.2 Å². The average molecular weight is 404 g/mol. The van der Waals surface area contributed by atoms with E-state index in [1.165, 1.54) is 16.7 Å². The molecule has 0 saturated carbocycles. The van der Waals surface area contributed by atoms with Crippen LogP contribution in [0.3, 0.4) is 0 Å². The Morgan fingerprint density at radius 2 is 2.00 bits per heavy atom. The van der Waals surface area contributed by atoms with Crippen molar-refractivity contribution in [1.29, 1.82) is 0 Å². The molecule has 1 N–H and O–H groups in total. The van der Waals surface area contributed by atoms with E-state index in [0.29, 0.717) is 5.92 Å². The molecule has 2 aliphatic heterocycles. The van der Waals surface area contributed by atoms with E-state index >= 15 is 0 Å². The molecular weight excluding hydrogens is 382 g/mol. The lowest BCUT2D eigenvalue weighted by molar-refractivity contribution is 0.0828. The van der Waals surface area contributed by atoms with Crippen molar-refractivity contribution in [1.82, 2.24) is 0 Å². The summed E-state index contributed by atoms with van der Waals surface area (Å²) >= 11 is 3.62. The lowest BCUT2D eigenvalue weighted by atomic mass is 9.80. The van der Waals surface area contributed by atoms with Crippen LogP contribution < -0.4 is 14.8 Å². The highest BCUT2D eigenvalue weighted by atomic mass is 79.9. The predicted molar refractivity (Wildman–Crippen MR) is 102 cm³/mol. The molecule has 0 aliphatic carbocycles. The summed E-state index contributed by atoms with van der Waals surface area (Å²) < 4.78 is 18.0. The Morgan fingerprint density at radius 1 is 1.16 bits per heavy atom. The highest BCUT2D eigenvalue weighted by Gasteiger charge is 2.41. The van der Waals surface area contributed by atoms with Crippen LogP contribution in [0.25, 0.3) is 0 Å². The molecular formula is C20H22BrNO3. The molecule has 2 aliphatic rings. The fourth-order valence-corrected chi connectivity index (χ4v) is 4.66. The number of halogens is 1. The SMILES string of the molecule is COc1cc([C@@H]2Nc3ccc(C)cc3[C@H]3OCC[C@H]32)cc(Br)c1OC. The van der Waals surface area contributed by atoms with Crippen LogP contribution in [-0.4, -0.2) is 20.8 Å². The van der Waals surface area contributed by atoms with E-state index in [4.69, 9.17) is 14.2 Å². The molecule has 1 saturated heterocycles. The molecule has 2 heterocycles. The topological polar surface area (TPSA) is 39.7 Å². The minimum absolute atomic E-state index is 0.146.